The number of aryl methyl sites for hydroxylation is 2. The molecule has 2 atom stereocenters. The first-order valence-corrected chi connectivity index (χ1v) is 7.75. The van der Waals surface area contributed by atoms with Crippen molar-refractivity contribution in [3.8, 4) is 0 Å². The Hall–Kier alpha value is -0.870. The van der Waals surface area contributed by atoms with E-state index in [1.54, 1.807) is 0 Å². The van der Waals surface area contributed by atoms with Crippen molar-refractivity contribution in [1.82, 2.24) is 0 Å². The fraction of sp³-hybridized carbons (Fsp3) is 0.538. The molecule has 1 aromatic carbocycles. The molecule has 0 aliphatic carbocycles. The summed E-state index contributed by atoms with van der Waals surface area (Å²) in [6.07, 6.45) is 0.692. The van der Waals surface area contributed by atoms with Gasteiger partial charge in [0.25, 0.3) is 0 Å². The van der Waals surface area contributed by atoms with Gasteiger partial charge in [-0.15, -0.1) is 0 Å². The van der Waals surface area contributed by atoms with Crippen molar-refractivity contribution in [3.63, 3.8) is 0 Å². The topological polar surface area (TPSA) is 60.2 Å². The van der Waals surface area contributed by atoms with Gasteiger partial charge in [-0.2, -0.15) is 0 Å². The second-order valence-corrected chi connectivity index (χ2v) is 7.22. The van der Waals surface area contributed by atoms with Gasteiger partial charge in [0.1, 0.15) is 0 Å². The van der Waals surface area contributed by atoms with Crippen LogP contribution in [0, 0.1) is 19.8 Å². The predicted molar refractivity (Wildman–Crippen MR) is 69.6 cm³/mol. The number of hydrogen-bond acceptors (Lipinski definition) is 3. The average Bonchev–Trinajstić information content (AvgIpc) is 2.58. The van der Waals surface area contributed by atoms with Crippen LogP contribution in [0.4, 0.5) is 0 Å². The highest BCUT2D eigenvalue weighted by Crippen LogP contribution is 2.32. The van der Waals surface area contributed by atoms with Crippen LogP contribution >= 0.6 is 0 Å². The molecule has 94 valence electrons. The van der Waals surface area contributed by atoms with E-state index < -0.39 is 9.84 Å². The Morgan fingerprint density at radius 3 is 2.35 bits per heavy atom. The minimum Gasteiger partial charge on any atom is -0.324 e. The van der Waals surface area contributed by atoms with Crippen LogP contribution in [0.1, 0.15) is 29.2 Å². The molecule has 0 bridgehead atoms. The maximum Gasteiger partial charge on any atom is 0.150 e. The van der Waals surface area contributed by atoms with E-state index in [0.29, 0.717) is 6.42 Å². The molecule has 0 radical (unpaired) electrons. The summed E-state index contributed by atoms with van der Waals surface area (Å²) in [7, 11) is -2.85. The Morgan fingerprint density at radius 1 is 1.29 bits per heavy atom. The first-order valence-electron chi connectivity index (χ1n) is 5.93. The van der Waals surface area contributed by atoms with Gasteiger partial charge >= 0.3 is 0 Å². The van der Waals surface area contributed by atoms with Crippen molar-refractivity contribution in [2.45, 2.75) is 26.3 Å². The van der Waals surface area contributed by atoms with Crippen LogP contribution in [0.25, 0.3) is 0 Å². The van der Waals surface area contributed by atoms with Gasteiger partial charge in [-0.3, -0.25) is 0 Å². The summed E-state index contributed by atoms with van der Waals surface area (Å²) in [5, 5.41) is 0. The summed E-state index contributed by atoms with van der Waals surface area (Å²) in [5.74, 6) is 0.595. The van der Waals surface area contributed by atoms with Crippen LogP contribution in [0.15, 0.2) is 18.2 Å². The highest BCUT2D eigenvalue weighted by atomic mass is 32.2. The minimum atomic E-state index is -2.85. The Kier molecular flexibility index (Phi) is 3.27. The summed E-state index contributed by atoms with van der Waals surface area (Å²) in [5.41, 5.74) is 9.69. The molecule has 0 aromatic heterocycles. The molecular formula is C13H19NO2S. The zero-order chi connectivity index (χ0) is 12.6. The van der Waals surface area contributed by atoms with E-state index >= 15 is 0 Å². The van der Waals surface area contributed by atoms with Gasteiger partial charge in [-0.25, -0.2) is 8.42 Å². The molecule has 17 heavy (non-hydrogen) atoms. The Morgan fingerprint density at radius 2 is 1.88 bits per heavy atom. The highest BCUT2D eigenvalue weighted by molar-refractivity contribution is 7.91. The van der Waals surface area contributed by atoms with E-state index in [9.17, 15) is 8.42 Å². The van der Waals surface area contributed by atoms with E-state index in [1.165, 1.54) is 0 Å². The summed E-state index contributed by atoms with van der Waals surface area (Å²) >= 11 is 0. The summed E-state index contributed by atoms with van der Waals surface area (Å²) < 4.78 is 23.0. The van der Waals surface area contributed by atoms with Gasteiger partial charge in [0, 0.05) is 6.04 Å². The van der Waals surface area contributed by atoms with Crippen LogP contribution in [0.5, 0.6) is 0 Å². The van der Waals surface area contributed by atoms with E-state index in [2.05, 4.69) is 0 Å². The van der Waals surface area contributed by atoms with Crippen molar-refractivity contribution in [1.29, 1.82) is 0 Å². The predicted octanol–water partition coefficient (Wildman–Crippen LogP) is 1.74. The molecule has 1 aliphatic rings. The molecule has 4 heteroatoms. The summed E-state index contributed by atoms with van der Waals surface area (Å²) in [4.78, 5) is 0. The van der Waals surface area contributed by atoms with E-state index in [4.69, 9.17) is 5.73 Å². The van der Waals surface area contributed by atoms with Gasteiger partial charge < -0.3 is 5.73 Å². The van der Waals surface area contributed by atoms with Gasteiger partial charge in [-0.05, 0) is 42.9 Å². The molecule has 1 heterocycles. The number of hydrogen-bond donors (Lipinski definition) is 1. The lowest BCUT2D eigenvalue weighted by molar-refractivity contribution is 0.476. The molecule has 3 nitrogen and oxygen atoms in total. The number of nitrogens with two attached hydrogens (primary N) is 1. The van der Waals surface area contributed by atoms with Gasteiger partial charge in [0.2, 0.25) is 0 Å². The van der Waals surface area contributed by atoms with E-state index in [-0.39, 0.29) is 23.5 Å². The molecule has 0 amide bonds. The standard InChI is InChI=1S/C13H19NO2S/c1-9-4-3-5-10(2)12(9)13(14)11-6-7-17(15,16)8-11/h3-5,11,13H,6-8,14H2,1-2H3. The highest BCUT2D eigenvalue weighted by Gasteiger charge is 2.33. The van der Waals surface area contributed by atoms with Crippen molar-refractivity contribution in [3.05, 3.63) is 34.9 Å². The number of benzene rings is 1. The third-order valence-corrected chi connectivity index (χ3v) is 5.44. The van der Waals surface area contributed by atoms with E-state index in [0.717, 1.165) is 16.7 Å². The van der Waals surface area contributed by atoms with Gasteiger partial charge in [0.15, 0.2) is 9.84 Å². The Bertz CT molecular complexity index is 502. The fourth-order valence-corrected chi connectivity index (χ4v) is 4.55. The molecule has 0 spiro atoms. The molecular weight excluding hydrogens is 234 g/mol. The number of sulfone groups is 1. The normalized spacial score (nSPS) is 24.8. The van der Waals surface area contributed by atoms with Crippen LogP contribution in [-0.4, -0.2) is 19.9 Å². The first-order chi connectivity index (χ1) is 7.91. The molecule has 1 aliphatic heterocycles. The van der Waals surface area contributed by atoms with Crippen molar-refractivity contribution in [2.24, 2.45) is 11.7 Å². The molecule has 2 rings (SSSR count). The van der Waals surface area contributed by atoms with Crippen LogP contribution < -0.4 is 5.73 Å². The first kappa shape index (κ1) is 12.6. The van der Waals surface area contributed by atoms with Crippen molar-refractivity contribution >= 4 is 9.84 Å². The fourth-order valence-electron chi connectivity index (χ4n) is 2.70. The Labute approximate surface area is 103 Å². The lowest BCUT2D eigenvalue weighted by Gasteiger charge is -2.22. The van der Waals surface area contributed by atoms with E-state index in [1.807, 2.05) is 32.0 Å². The van der Waals surface area contributed by atoms with Crippen molar-refractivity contribution in [2.75, 3.05) is 11.5 Å². The number of rotatable bonds is 2. The minimum absolute atomic E-state index is 0.0693. The largest absolute Gasteiger partial charge is 0.324 e. The molecule has 2 N–H and O–H groups in total. The quantitative estimate of drug-likeness (QED) is 0.873. The molecule has 1 aromatic rings. The average molecular weight is 253 g/mol. The Balaban J connectivity index is 2.29. The molecule has 1 saturated heterocycles. The van der Waals surface area contributed by atoms with Crippen LogP contribution in [-0.2, 0) is 9.84 Å². The third-order valence-electron chi connectivity index (χ3n) is 3.65. The summed E-state index contributed by atoms with van der Waals surface area (Å²) in [6.45, 7) is 4.07. The SMILES string of the molecule is Cc1cccc(C)c1C(N)C1CCS(=O)(=O)C1. The second-order valence-electron chi connectivity index (χ2n) is 4.99. The zero-order valence-electron chi connectivity index (χ0n) is 10.3. The van der Waals surface area contributed by atoms with Crippen molar-refractivity contribution < 1.29 is 8.42 Å². The lowest BCUT2D eigenvalue weighted by atomic mass is 9.88. The monoisotopic (exact) mass is 253 g/mol. The van der Waals surface area contributed by atoms with Crippen LogP contribution in [0.3, 0.4) is 0 Å². The maximum absolute atomic E-state index is 11.5. The van der Waals surface area contributed by atoms with Gasteiger partial charge in [-0.1, -0.05) is 18.2 Å². The maximum atomic E-state index is 11.5. The molecule has 1 fully saturated rings. The smallest absolute Gasteiger partial charge is 0.150 e. The zero-order valence-corrected chi connectivity index (χ0v) is 11.1. The molecule has 0 saturated carbocycles. The van der Waals surface area contributed by atoms with Gasteiger partial charge in [0.05, 0.1) is 11.5 Å². The van der Waals surface area contributed by atoms with Crippen LogP contribution in [0.2, 0.25) is 0 Å². The second kappa shape index (κ2) is 4.42. The lowest BCUT2D eigenvalue weighted by Crippen LogP contribution is -2.24. The summed E-state index contributed by atoms with van der Waals surface area (Å²) in [6, 6.07) is 5.91. The molecule has 2 unspecified atom stereocenters. The third kappa shape index (κ3) is 2.53.